The maximum atomic E-state index is 11.7. The number of rotatable bonds is 9. The highest BCUT2D eigenvalue weighted by atomic mass is 32.2. The molecule has 9 heteroatoms. The Kier molecular flexibility index (Phi) is 6.95. The third-order valence-electron chi connectivity index (χ3n) is 2.41. The number of sulfonamides is 1. The summed E-state index contributed by atoms with van der Waals surface area (Å²) in [6, 6.07) is -1.19. The molecule has 0 rings (SSSR count). The van der Waals surface area contributed by atoms with Crippen LogP contribution in [0.5, 0.6) is 0 Å². The van der Waals surface area contributed by atoms with Gasteiger partial charge in [0.1, 0.15) is 15.9 Å². The second kappa shape index (κ2) is 7.20. The predicted molar refractivity (Wildman–Crippen MR) is 73.7 cm³/mol. The van der Waals surface area contributed by atoms with Gasteiger partial charge in [0.15, 0.2) is 0 Å². The molecule has 114 valence electrons. The zero-order chi connectivity index (χ0) is 15.3. The molecule has 1 atom stereocenters. The number of carbonyl (C=O) groups excluding carboxylic acids is 1. The summed E-state index contributed by atoms with van der Waals surface area (Å²) < 4.78 is 47.6. The number of carbonyl (C=O) groups is 1. The Bertz CT molecular complexity index is 496. The van der Waals surface area contributed by atoms with E-state index >= 15 is 0 Å². The topological polar surface area (TPSA) is 123 Å². The van der Waals surface area contributed by atoms with E-state index in [1.54, 1.807) is 0 Å². The van der Waals surface area contributed by atoms with Gasteiger partial charge >= 0.3 is 0 Å². The Balaban J connectivity index is 4.62. The first kappa shape index (κ1) is 18.3. The monoisotopic (exact) mass is 314 g/mol. The number of hydrogen-bond acceptors (Lipinski definition) is 5. The van der Waals surface area contributed by atoms with Gasteiger partial charge in [-0.25, -0.2) is 21.6 Å². The molecule has 3 N–H and O–H groups in total. The molecule has 0 spiro atoms. The molecule has 1 amide bonds. The van der Waals surface area contributed by atoms with Gasteiger partial charge in [0.05, 0.1) is 11.5 Å². The van der Waals surface area contributed by atoms with Gasteiger partial charge in [0.2, 0.25) is 15.9 Å². The molecule has 0 saturated heterocycles. The standard InChI is InChI=1S/C10H22N2O5S2/c1-8(2)4-7-19(16,17)12-9(10(11)13)5-6-18(3,14)15/h8-9,12H,4-7H2,1-3H3,(H2,11,13). The molecule has 19 heavy (non-hydrogen) atoms. The molecule has 0 aliphatic carbocycles. The highest BCUT2D eigenvalue weighted by molar-refractivity contribution is 7.90. The first-order chi connectivity index (χ1) is 8.43. The molecule has 0 aromatic rings. The van der Waals surface area contributed by atoms with E-state index in [2.05, 4.69) is 4.72 Å². The van der Waals surface area contributed by atoms with Gasteiger partial charge in [-0.15, -0.1) is 0 Å². The molecule has 0 aliphatic rings. The van der Waals surface area contributed by atoms with Crippen molar-refractivity contribution in [2.75, 3.05) is 17.8 Å². The third kappa shape index (κ3) is 9.85. The molecule has 0 aliphatic heterocycles. The zero-order valence-corrected chi connectivity index (χ0v) is 13.1. The average molecular weight is 314 g/mol. The number of nitrogens with one attached hydrogen (secondary N) is 1. The molecular weight excluding hydrogens is 292 g/mol. The van der Waals surface area contributed by atoms with Gasteiger partial charge in [-0.1, -0.05) is 13.8 Å². The van der Waals surface area contributed by atoms with Gasteiger partial charge < -0.3 is 5.73 Å². The van der Waals surface area contributed by atoms with E-state index in [0.717, 1.165) is 6.26 Å². The second-order valence-electron chi connectivity index (χ2n) is 4.99. The van der Waals surface area contributed by atoms with Crippen LogP contribution in [-0.2, 0) is 24.7 Å². The van der Waals surface area contributed by atoms with E-state index in [1.165, 1.54) is 0 Å². The number of sulfone groups is 1. The smallest absolute Gasteiger partial charge is 0.235 e. The highest BCUT2D eigenvalue weighted by Crippen LogP contribution is 2.04. The molecule has 7 nitrogen and oxygen atoms in total. The average Bonchev–Trinajstić information content (AvgIpc) is 2.20. The van der Waals surface area contributed by atoms with Gasteiger partial charge in [0.25, 0.3) is 0 Å². The normalized spacial score (nSPS) is 14.5. The quantitative estimate of drug-likeness (QED) is 0.579. The van der Waals surface area contributed by atoms with Crippen molar-refractivity contribution in [3.8, 4) is 0 Å². The molecule has 0 aromatic carbocycles. The Hall–Kier alpha value is -0.670. The molecule has 0 heterocycles. The van der Waals surface area contributed by atoms with Crippen molar-refractivity contribution in [2.24, 2.45) is 11.7 Å². The summed E-state index contributed by atoms with van der Waals surface area (Å²) in [6.07, 6.45) is 1.31. The lowest BCUT2D eigenvalue weighted by Gasteiger charge is -2.15. The Morgan fingerprint density at radius 2 is 1.63 bits per heavy atom. The van der Waals surface area contributed by atoms with E-state index < -0.39 is 31.8 Å². The predicted octanol–water partition coefficient (Wildman–Crippen LogP) is -0.759. The summed E-state index contributed by atoms with van der Waals surface area (Å²) in [4.78, 5) is 11.1. The van der Waals surface area contributed by atoms with Crippen LogP contribution in [0.2, 0.25) is 0 Å². The van der Waals surface area contributed by atoms with Crippen molar-refractivity contribution >= 4 is 25.8 Å². The number of nitrogens with two attached hydrogens (primary N) is 1. The van der Waals surface area contributed by atoms with Crippen molar-refractivity contribution < 1.29 is 21.6 Å². The van der Waals surface area contributed by atoms with Crippen LogP contribution in [0.15, 0.2) is 0 Å². The molecular formula is C10H22N2O5S2. The van der Waals surface area contributed by atoms with E-state index in [0.29, 0.717) is 6.42 Å². The maximum Gasteiger partial charge on any atom is 0.235 e. The molecule has 0 bridgehead atoms. The fourth-order valence-electron chi connectivity index (χ4n) is 1.26. The lowest BCUT2D eigenvalue weighted by molar-refractivity contribution is -0.119. The van der Waals surface area contributed by atoms with Gasteiger partial charge in [-0.3, -0.25) is 4.79 Å². The van der Waals surface area contributed by atoms with Crippen LogP contribution in [-0.4, -0.2) is 46.5 Å². The summed E-state index contributed by atoms with van der Waals surface area (Å²) in [5.41, 5.74) is 5.07. The Morgan fingerprint density at radius 1 is 1.11 bits per heavy atom. The van der Waals surface area contributed by atoms with Crippen LogP contribution >= 0.6 is 0 Å². The maximum absolute atomic E-state index is 11.7. The van der Waals surface area contributed by atoms with Crippen LogP contribution in [0.3, 0.4) is 0 Å². The first-order valence-electron chi connectivity index (χ1n) is 5.90. The van der Waals surface area contributed by atoms with Crippen molar-refractivity contribution in [3.63, 3.8) is 0 Å². The molecule has 0 saturated carbocycles. The van der Waals surface area contributed by atoms with Crippen LogP contribution < -0.4 is 10.5 Å². The van der Waals surface area contributed by atoms with E-state index in [-0.39, 0.29) is 23.8 Å². The Labute approximate surface area is 114 Å². The van der Waals surface area contributed by atoms with Crippen molar-refractivity contribution in [3.05, 3.63) is 0 Å². The van der Waals surface area contributed by atoms with Crippen LogP contribution in [0, 0.1) is 5.92 Å². The van der Waals surface area contributed by atoms with E-state index in [9.17, 15) is 21.6 Å². The summed E-state index contributed by atoms with van der Waals surface area (Å²) in [5.74, 6) is -1.09. The second-order valence-corrected chi connectivity index (χ2v) is 9.13. The minimum Gasteiger partial charge on any atom is -0.368 e. The number of primary amides is 1. The lowest BCUT2D eigenvalue weighted by Crippen LogP contribution is -2.46. The van der Waals surface area contributed by atoms with E-state index in [1.807, 2.05) is 13.8 Å². The summed E-state index contributed by atoms with van der Waals surface area (Å²) in [7, 11) is -6.91. The third-order valence-corrected chi connectivity index (χ3v) is 4.80. The lowest BCUT2D eigenvalue weighted by atomic mass is 10.2. The zero-order valence-electron chi connectivity index (χ0n) is 11.4. The van der Waals surface area contributed by atoms with Crippen LogP contribution in [0.25, 0.3) is 0 Å². The fourth-order valence-corrected chi connectivity index (χ4v) is 3.49. The minimum atomic E-state index is -3.63. The summed E-state index contributed by atoms with van der Waals surface area (Å²) in [6.45, 7) is 3.76. The molecule has 1 unspecified atom stereocenters. The Morgan fingerprint density at radius 3 is 2.00 bits per heavy atom. The number of hydrogen-bond donors (Lipinski definition) is 2. The number of amides is 1. The molecule has 0 fully saturated rings. The van der Waals surface area contributed by atoms with Crippen LogP contribution in [0.4, 0.5) is 0 Å². The van der Waals surface area contributed by atoms with Crippen molar-refractivity contribution in [1.82, 2.24) is 4.72 Å². The first-order valence-corrected chi connectivity index (χ1v) is 9.61. The van der Waals surface area contributed by atoms with Crippen molar-refractivity contribution in [2.45, 2.75) is 32.7 Å². The minimum absolute atomic E-state index is 0.118. The van der Waals surface area contributed by atoms with Crippen molar-refractivity contribution in [1.29, 1.82) is 0 Å². The molecule has 0 aromatic heterocycles. The summed E-state index contributed by atoms with van der Waals surface area (Å²) in [5, 5.41) is 0. The van der Waals surface area contributed by atoms with E-state index in [4.69, 9.17) is 5.73 Å². The van der Waals surface area contributed by atoms with Gasteiger partial charge in [-0.2, -0.15) is 0 Å². The molecule has 0 radical (unpaired) electrons. The SMILES string of the molecule is CC(C)CCS(=O)(=O)NC(CCS(C)(=O)=O)C(N)=O. The largest absolute Gasteiger partial charge is 0.368 e. The highest BCUT2D eigenvalue weighted by Gasteiger charge is 2.23. The van der Waals surface area contributed by atoms with Gasteiger partial charge in [-0.05, 0) is 18.8 Å². The fraction of sp³-hybridized carbons (Fsp3) is 0.900. The van der Waals surface area contributed by atoms with Crippen LogP contribution in [0.1, 0.15) is 26.7 Å². The van der Waals surface area contributed by atoms with Gasteiger partial charge in [0, 0.05) is 6.26 Å². The summed E-state index contributed by atoms with van der Waals surface area (Å²) >= 11 is 0.